The molecule has 2 rings (SSSR count). The van der Waals surface area contributed by atoms with E-state index in [9.17, 15) is 9.59 Å². The Morgan fingerprint density at radius 1 is 1.52 bits per heavy atom. The lowest BCUT2D eigenvalue weighted by Crippen LogP contribution is -2.47. The first-order valence-corrected chi connectivity index (χ1v) is 6.70. The van der Waals surface area contributed by atoms with E-state index in [4.69, 9.17) is 4.74 Å². The molecular formula is C14H20N4O3. The number of nitrogens with one attached hydrogen (secondary N) is 2. The highest BCUT2D eigenvalue weighted by atomic mass is 16.5. The summed E-state index contributed by atoms with van der Waals surface area (Å²) in [5, 5.41) is 5.89. The first kappa shape index (κ1) is 15.2. The van der Waals surface area contributed by atoms with Gasteiger partial charge in [-0.15, -0.1) is 0 Å². The number of esters is 1. The predicted molar refractivity (Wildman–Crippen MR) is 77.9 cm³/mol. The van der Waals surface area contributed by atoms with E-state index in [1.807, 2.05) is 20.8 Å². The molecule has 0 saturated carbocycles. The van der Waals surface area contributed by atoms with Crippen molar-refractivity contribution in [1.29, 1.82) is 0 Å². The molecule has 2 N–H and O–H groups in total. The monoisotopic (exact) mass is 292 g/mol. The Morgan fingerprint density at radius 2 is 2.24 bits per heavy atom. The third-order valence-corrected chi connectivity index (χ3v) is 3.22. The molecule has 0 fully saturated rings. The Balaban J connectivity index is 2.19. The van der Waals surface area contributed by atoms with Crippen LogP contribution in [0.4, 0.5) is 0 Å². The number of hydrogen-bond donors (Lipinski definition) is 2. The fourth-order valence-electron chi connectivity index (χ4n) is 2.14. The molecule has 0 aliphatic carbocycles. The molecule has 0 saturated heterocycles. The molecule has 0 aliphatic heterocycles. The standard InChI is InChI=1S/C14H20N4O3/c1-14(2,3)12(13(20)21-4)15-8-9-7-11(19)18-10(17-9)5-6-16-18/h5-7,12,15-16H,8H2,1-4H3/t12-/m1/s1. The second-order valence-electron chi connectivity index (χ2n) is 5.94. The number of fused-ring (bicyclic) bond motifs is 1. The first-order valence-electron chi connectivity index (χ1n) is 6.70. The van der Waals surface area contributed by atoms with Gasteiger partial charge in [0, 0.05) is 24.9 Å². The van der Waals surface area contributed by atoms with Crippen molar-refractivity contribution in [3.63, 3.8) is 0 Å². The number of ether oxygens (including phenoxy) is 1. The van der Waals surface area contributed by atoms with Crippen molar-refractivity contribution in [3.05, 3.63) is 34.4 Å². The maximum absolute atomic E-state index is 11.9. The minimum atomic E-state index is -0.478. The molecule has 0 bridgehead atoms. The van der Waals surface area contributed by atoms with E-state index in [0.29, 0.717) is 17.9 Å². The van der Waals surface area contributed by atoms with E-state index in [1.165, 1.54) is 17.7 Å². The summed E-state index contributed by atoms with van der Waals surface area (Å²) in [4.78, 5) is 28.1. The molecule has 0 unspecified atom stereocenters. The Kier molecular flexibility index (Phi) is 4.13. The molecule has 2 aromatic heterocycles. The molecular weight excluding hydrogens is 272 g/mol. The van der Waals surface area contributed by atoms with Crippen molar-refractivity contribution in [2.75, 3.05) is 7.11 Å². The van der Waals surface area contributed by atoms with E-state index < -0.39 is 6.04 Å². The van der Waals surface area contributed by atoms with Gasteiger partial charge in [0.2, 0.25) is 0 Å². The minimum absolute atomic E-state index is 0.188. The molecule has 21 heavy (non-hydrogen) atoms. The van der Waals surface area contributed by atoms with Gasteiger partial charge < -0.3 is 4.74 Å². The second kappa shape index (κ2) is 5.69. The molecule has 0 aromatic carbocycles. The van der Waals surface area contributed by atoms with Crippen molar-refractivity contribution >= 4 is 11.6 Å². The summed E-state index contributed by atoms with van der Waals surface area (Å²) < 4.78 is 6.17. The maximum atomic E-state index is 11.9. The van der Waals surface area contributed by atoms with Crippen LogP contribution in [0.3, 0.4) is 0 Å². The lowest BCUT2D eigenvalue weighted by Gasteiger charge is -2.29. The zero-order chi connectivity index (χ0) is 15.6. The number of H-pyrrole nitrogens is 1. The third-order valence-electron chi connectivity index (χ3n) is 3.22. The van der Waals surface area contributed by atoms with Gasteiger partial charge in [0.25, 0.3) is 5.56 Å². The van der Waals surface area contributed by atoms with Crippen LogP contribution in [0.2, 0.25) is 0 Å². The van der Waals surface area contributed by atoms with Gasteiger partial charge in [-0.25, -0.2) is 9.50 Å². The van der Waals surface area contributed by atoms with Crippen molar-refractivity contribution in [3.8, 4) is 0 Å². The molecule has 7 heteroatoms. The van der Waals surface area contributed by atoms with Gasteiger partial charge >= 0.3 is 5.97 Å². The lowest BCUT2D eigenvalue weighted by atomic mass is 9.86. The van der Waals surface area contributed by atoms with E-state index >= 15 is 0 Å². The highest BCUT2D eigenvalue weighted by Gasteiger charge is 2.31. The van der Waals surface area contributed by atoms with Crippen LogP contribution in [0, 0.1) is 5.41 Å². The summed E-state index contributed by atoms with van der Waals surface area (Å²) in [5.41, 5.74) is 0.634. The van der Waals surface area contributed by atoms with E-state index in [-0.39, 0.29) is 16.9 Å². The Morgan fingerprint density at radius 3 is 2.86 bits per heavy atom. The largest absolute Gasteiger partial charge is 0.468 e. The molecule has 7 nitrogen and oxygen atoms in total. The molecule has 0 amide bonds. The van der Waals surface area contributed by atoms with Crippen molar-refractivity contribution in [2.24, 2.45) is 5.41 Å². The third kappa shape index (κ3) is 3.30. The quantitative estimate of drug-likeness (QED) is 0.810. The molecule has 2 heterocycles. The van der Waals surface area contributed by atoms with Gasteiger partial charge in [-0.05, 0) is 5.41 Å². The average molecular weight is 292 g/mol. The number of rotatable bonds is 4. The molecule has 1 atom stereocenters. The smallest absolute Gasteiger partial charge is 0.323 e. The predicted octanol–water partition coefficient (Wildman–Crippen LogP) is 0.700. The summed E-state index contributed by atoms with van der Waals surface area (Å²) in [7, 11) is 1.36. The highest BCUT2D eigenvalue weighted by Crippen LogP contribution is 2.20. The van der Waals surface area contributed by atoms with Gasteiger partial charge in [0.05, 0.1) is 12.8 Å². The Hall–Kier alpha value is -2.15. The fourth-order valence-corrected chi connectivity index (χ4v) is 2.14. The summed E-state index contributed by atoms with van der Waals surface area (Å²) >= 11 is 0. The number of aromatic nitrogens is 3. The van der Waals surface area contributed by atoms with Crippen LogP contribution >= 0.6 is 0 Å². The van der Waals surface area contributed by atoms with Gasteiger partial charge in [-0.2, -0.15) is 0 Å². The number of methoxy groups -OCH3 is 1. The van der Waals surface area contributed by atoms with Crippen LogP contribution in [0.1, 0.15) is 26.5 Å². The number of carbonyl (C=O) groups is 1. The molecule has 0 radical (unpaired) electrons. The fraction of sp³-hybridized carbons (Fsp3) is 0.500. The van der Waals surface area contributed by atoms with E-state index in [0.717, 1.165) is 0 Å². The zero-order valence-electron chi connectivity index (χ0n) is 12.6. The molecule has 114 valence electrons. The van der Waals surface area contributed by atoms with E-state index in [1.54, 1.807) is 12.3 Å². The van der Waals surface area contributed by atoms with Crippen LogP contribution in [0.15, 0.2) is 23.1 Å². The molecule has 0 spiro atoms. The molecule has 0 aliphatic rings. The van der Waals surface area contributed by atoms with Crippen LogP contribution in [-0.4, -0.2) is 33.7 Å². The highest BCUT2D eigenvalue weighted by molar-refractivity contribution is 5.76. The second-order valence-corrected chi connectivity index (χ2v) is 5.94. The summed E-state index contributed by atoms with van der Waals surface area (Å²) in [6.07, 6.45) is 1.65. The van der Waals surface area contributed by atoms with Crippen molar-refractivity contribution in [2.45, 2.75) is 33.4 Å². The molecule has 2 aromatic rings. The van der Waals surface area contributed by atoms with Crippen molar-refractivity contribution in [1.82, 2.24) is 19.9 Å². The van der Waals surface area contributed by atoms with Crippen molar-refractivity contribution < 1.29 is 9.53 Å². The van der Waals surface area contributed by atoms with Gasteiger partial charge in [-0.1, -0.05) is 20.8 Å². The lowest BCUT2D eigenvalue weighted by molar-refractivity contribution is -0.146. The normalized spacial score (nSPS) is 13.3. The number of nitrogens with zero attached hydrogens (tertiary/aromatic N) is 2. The van der Waals surface area contributed by atoms with Gasteiger partial charge in [0.15, 0.2) is 5.65 Å². The van der Waals surface area contributed by atoms with Gasteiger partial charge in [-0.3, -0.25) is 20.0 Å². The summed E-state index contributed by atoms with van der Waals surface area (Å²) in [6.45, 7) is 6.14. The van der Waals surface area contributed by atoms with Crippen LogP contribution in [-0.2, 0) is 16.1 Å². The zero-order valence-corrected chi connectivity index (χ0v) is 12.6. The minimum Gasteiger partial charge on any atom is -0.468 e. The topological polar surface area (TPSA) is 88.5 Å². The van der Waals surface area contributed by atoms with Crippen LogP contribution < -0.4 is 10.9 Å². The number of aromatic amines is 1. The summed E-state index contributed by atoms with van der Waals surface area (Å²) in [5.74, 6) is -0.332. The average Bonchev–Trinajstić information content (AvgIpc) is 2.85. The van der Waals surface area contributed by atoms with Gasteiger partial charge in [0.1, 0.15) is 6.04 Å². The Labute approximate surface area is 122 Å². The maximum Gasteiger partial charge on any atom is 0.323 e. The Bertz CT molecular complexity index is 696. The first-order chi connectivity index (χ1) is 9.82. The number of carbonyl (C=O) groups excluding carboxylic acids is 1. The number of hydrogen-bond acceptors (Lipinski definition) is 5. The van der Waals surface area contributed by atoms with E-state index in [2.05, 4.69) is 15.4 Å². The SMILES string of the molecule is COC(=O)[C@@H](NCc1cc(=O)n2[nH]ccc2n1)C(C)(C)C. The van der Waals surface area contributed by atoms with Crippen LogP contribution in [0.25, 0.3) is 5.65 Å². The van der Waals surface area contributed by atoms with Crippen LogP contribution in [0.5, 0.6) is 0 Å². The summed E-state index contributed by atoms with van der Waals surface area (Å²) in [6, 6.07) is 2.67.